The number of hydrogen-bond donors (Lipinski definition) is 0. The van der Waals surface area contributed by atoms with Crippen LogP contribution in [0.4, 0.5) is 11.4 Å². The van der Waals surface area contributed by atoms with Crippen molar-refractivity contribution in [3.63, 3.8) is 0 Å². The molecule has 6 aromatic rings. The summed E-state index contributed by atoms with van der Waals surface area (Å²) in [6.07, 6.45) is 24.0. The van der Waals surface area contributed by atoms with E-state index in [0.717, 1.165) is 60.3 Å². The third-order valence-corrected chi connectivity index (χ3v) is 11.6. The molecule has 8 rings (SSSR count). The third kappa shape index (κ3) is 8.52. The second kappa shape index (κ2) is 18.1. The fourth-order valence-corrected chi connectivity index (χ4v) is 8.48. The van der Waals surface area contributed by atoms with Crippen molar-refractivity contribution in [3.05, 3.63) is 253 Å². The van der Waals surface area contributed by atoms with Gasteiger partial charge in [-0.25, -0.2) is 0 Å². The van der Waals surface area contributed by atoms with Gasteiger partial charge in [0.1, 0.15) is 0 Å². The lowest BCUT2D eigenvalue weighted by atomic mass is 9.87. The van der Waals surface area contributed by atoms with Gasteiger partial charge in [0.2, 0.25) is 0 Å². The molecule has 2 aliphatic carbocycles. The Bertz CT molecular complexity index is 2660. The quantitative estimate of drug-likeness (QED) is 0.112. The maximum atomic E-state index is 4.40. The Morgan fingerprint density at radius 2 is 1.25 bits per heavy atom. The third-order valence-electron chi connectivity index (χ3n) is 11.6. The monoisotopic (exact) mass is 761 g/mol. The summed E-state index contributed by atoms with van der Waals surface area (Å²) in [6, 6.07) is 50.7. The summed E-state index contributed by atoms with van der Waals surface area (Å²) in [5.41, 5.74) is 20.9. The summed E-state index contributed by atoms with van der Waals surface area (Å²) < 4.78 is 0. The Morgan fingerprint density at radius 1 is 0.627 bits per heavy atom. The van der Waals surface area contributed by atoms with Gasteiger partial charge in [-0.1, -0.05) is 178 Å². The van der Waals surface area contributed by atoms with Crippen LogP contribution in [0, 0.1) is 0 Å². The van der Waals surface area contributed by atoms with Crippen molar-refractivity contribution in [2.75, 3.05) is 4.90 Å². The van der Waals surface area contributed by atoms with Crippen LogP contribution < -0.4 is 4.90 Å². The Balaban J connectivity index is 1.14. The molecule has 0 amide bonds. The highest BCUT2D eigenvalue weighted by Gasteiger charge is 2.22. The van der Waals surface area contributed by atoms with E-state index in [4.69, 9.17) is 0 Å². The lowest BCUT2D eigenvalue weighted by Gasteiger charge is -2.27. The van der Waals surface area contributed by atoms with E-state index < -0.39 is 0 Å². The number of allylic oxidation sites excluding steroid dienone is 12. The van der Waals surface area contributed by atoms with E-state index in [1.807, 2.05) is 18.2 Å². The van der Waals surface area contributed by atoms with Crippen LogP contribution in [0.1, 0.15) is 54.0 Å². The normalized spacial score (nSPS) is 14.5. The molecule has 0 aromatic heterocycles. The molecule has 0 bridgehead atoms. The van der Waals surface area contributed by atoms with Crippen molar-refractivity contribution in [1.29, 1.82) is 0 Å². The van der Waals surface area contributed by atoms with Crippen molar-refractivity contribution in [1.82, 2.24) is 0 Å². The topological polar surface area (TPSA) is 3.24 Å². The molecule has 0 fully saturated rings. The molecular formula is C58H51N. The van der Waals surface area contributed by atoms with Crippen LogP contribution in [-0.4, -0.2) is 0 Å². The minimum absolute atomic E-state index is 0.739. The number of nitrogens with zero attached hydrogens (tertiary/aromatic N) is 1. The first-order valence-electron chi connectivity index (χ1n) is 20.8. The van der Waals surface area contributed by atoms with E-state index >= 15 is 0 Å². The van der Waals surface area contributed by atoms with Crippen molar-refractivity contribution in [2.45, 2.75) is 39.0 Å². The molecule has 2 aliphatic rings. The molecule has 0 heterocycles. The van der Waals surface area contributed by atoms with Gasteiger partial charge in [-0.05, 0) is 153 Å². The second-order valence-electron chi connectivity index (χ2n) is 15.3. The number of anilines is 2. The number of benzene rings is 6. The van der Waals surface area contributed by atoms with E-state index in [-0.39, 0.29) is 0 Å². The minimum Gasteiger partial charge on any atom is -0.311 e. The molecule has 0 N–H and O–H groups in total. The lowest BCUT2D eigenvalue weighted by Crippen LogP contribution is -2.15. The highest BCUT2D eigenvalue weighted by atomic mass is 15.1. The number of rotatable bonds is 12. The van der Waals surface area contributed by atoms with Crippen LogP contribution in [0.3, 0.4) is 0 Å². The van der Waals surface area contributed by atoms with Crippen LogP contribution in [0.25, 0.3) is 44.5 Å². The van der Waals surface area contributed by atoms with Crippen LogP contribution >= 0.6 is 0 Å². The van der Waals surface area contributed by atoms with Gasteiger partial charge in [-0.2, -0.15) is 0 Å². The van der Waals surface area contributed by atoms with Gasteiger partial charge in [0.05, 0.1) is 0 Å². The Labute approximate surface area is 351 Å². The van der Waals surface area contributed by atoms with Crippen LogP contribution in [0.15, 0.2) is 225 Å². The van der Waals surface area contributed by atoms with E-state index in [0.29, 0.717) is 0 Å². The first-order valence-corrected chi connectivity index (χ1v) is 20.8. The van der Waals surface area contributed by atoms with Crippen molar-refractivity contribution >= 4 is 22.5 Å². The molecular weight excluding hydrogens is 711 g/mol. The molecule has 0 spiro atoms. The summed E-state index contributed by atoms with van der Waals surface area (Å²) in [7, 11) is 0. The Kier molecular flexibility index (Phi) is 11.9. The van der Waals surface area contributed by atoms with Gasteiger partial charge in [-0.15, -0.1) is 0 Å². The SMILES string of the molecule is C=C/C=C(\C=C/C/C(C=C)=C/C=C(\C)c1ccccc1)N(c1ccc(-c2cccc3c2CCC/C=C\C3=C)cc1)c1ccc(-c2cccc3c2Cc2ccccc2-3)cc1. The summed E-state index contributed by atoms with van der Waals surface area (Å²) in [5.74, 6) is 0. The van der Waals surface area contributed by atoms with Gasteiger partial charge in [-0.3, -0.25) is 0 Å². The van der Waals surface area contributed by atoms with Gasteiger partial charge in [0.15, 0.2) is 0 Å². The van der Waals surface area contributed by atoms with Gasteiger partial charge in [0, 0.05) is 17.1 Å². The average Bonchev–Trinajstić information content (AvgIpc) is 3.66. The average molecular weight is 762 g/mol. The summed E-state index contributed by atoms with van der Waals surface area (Å²) in [6.45, 7) is 14.8. The van der Waals surface area contributed by atoms with Crippen LogP contribution in [0.5, 0.6) is 0 Å². The Morgan fingerprint density at radius 3 is 1.95 bits per heavy atom. The highest BCUT2D eigenvalue weighted by molar-refractivity contribution is 5.86. The molecule has 1 nitrogen and oxygen atoms in total. The Hall–Kier alpha value is -6.96. The van der Waals surface area contributed by atoms with Crippen molar-refractivity contribution in [3.8, 4) is 33.4 Å². The molecule has 0 unspecified atom stereocenters. The zero-order valence-electron chi connectivity index (χ0n) is 34.1. The molecule has 0 atom stereocenters. The zero-order chi connectivity index (χ0) is 40.6. The second-order valence-corrected chi connectivity index (χ2v) is 15.3. The molecule has 0 saturated carbocycles. The first kappa shape index (κ1) is 38.9. The maximum Gasteiger partial charge on any atom is 0.0462 e. The minimum atomic E-state index is 0.739. The van der Waals surface area contributed by atoms with E-state index in [2.05, 4.69) is 208 Å². The largest absolute Gasteiger partial charge is 0.311 e. The summed E-state index contributed by atoms with van der Waals surface area (Å²) in [4.78, 5) is 2.33. The van der Waals surface area contributed by atoms with Gasteiger partial charge >= 0.3 is 0 Å². The molecule has 288 valence electrons. The fourth-order valence-electron chi connectivity index (χ4n) is 8.48. The predicted octanol–water partition coefficient (Wildman–Crippen LogP) is 15.9. The smallest absolute Gasteiger partial charge is 0.0462 e. The van der Waals surface area contributed by atoms with Gasteiger partial charge in [0.25, 0.3) is 0 Å². The van der Waals surface area contributed by atoms with E-state index in [1.165, 1.54) is 66.8 Å². The van der Waals surface area contributed by atoms with E-state index in [9.17, 15) is 0 Å². The first-order chi connectivity index (χ1) is 29.0. The van der Waals surface area contributed by atoms with Gasteiger partial charge < -0.3 is 4.90 Å². The van der Waals surface area contributed by atoms with Crippen LogP contribution in [-0.2, 0) is 12.8 Å². The maximum absolute atomic E-state index is 4.40. The zero-order valence-corrected chi connectivity index (χ0v) is 34.1. The highest BCUT2D eigenvalue weighted by Crippen LogP contribution is 2.42. The molecule has 0 saturated heterocycles. The number of hydrogen-bond acceptors (Lipinski definition) is 1. The molecule has 6 aromatic carbocycles. The fraction of sp³-hybridized carbons (Fsp3) is 0.103. The summed E-state index contributed by atoms with van der Waals surface area (Å²) in [5, 5.41) is 0. The van der Waals surface area contributed by atoms with Crippen molar-refractivity contribution in [2.24, 2.45) is 0 Å². The lowest BCUT2D eigenvalue weighted by molar-refractivity contribution is 0.839. The summed E-state index contributed by atoms with van der Waals surface area (Å²) >= 11 is 0. The molecule has 59 heavy (non-hydrogen) atoms. The van der Waals surface area contributed by atoms with E-state index in [1.54, 1.807) is 0 Å². The molecule has 0 radical (unpaired) electrons. The standard InChI is InChI=1S/C58H51N/c1-5-18-49(24-15-20-44(6-2)32-31-42(3)45-21-10-8-11-22-45)59(50-37-33-46(34-38-50)53-28-16-27-52-43(4)19-9-7-12-26-56(52)53)51-39-35-47(36-40-51)54-29-17-30-57-55-25-14-13-23-48(55)41-58(54)57/h5-6,8-11,13-19,21-25,27-40H,1-2,4,7,12,20,26,41H2,3H3/b19-9-,24-15-,42-31+,44-32+,49-18+. The number of fused-ring (bicyclic) bond motifs is 4. The predicted molar refractivity (Wildman–Crippen MR) is 256 cm³/mol. The molecule has 0 aliphatic heterocycles. The molecule has 1 heteroatoms. The van der Waals surface area contributed by atoms with Crippen molar-refractivity contribution < 1.29 is 0 Å². The van der Waals surface area contributed by atoms with Crippen LogP contribution in [0.2, 0.25) is 0 Å².